The number of methoxy groups -OCH3 is 1. The van der Waals surface area contributed by atoms with Crippen molar-refractivity contribution in [2.24, 2.45) is 0 Å². The van der Waals surface area contributed by atoms with Gasteiger partial charge in [0.15, 0.2) is 0 Å². The molecular weight excluding hydrogens is 414 g/mol. The highest BCUT2D eigenvalue weighted by molar-refractivity contribution is 7.19. The van der Waals surface area contributed by atoms with Crippen molar-refractivity contribution in [3.05, 3.63) is 77.0 Å². The van der Waals surface area contributed by atoms with Crippen LogP contribution in [0.15, 0.2) is 65.1 Å². The number of thiazole rings is 1. The maximum Gasteiger partial charge on any atom is 0.338 e. The van der Waals surface area contributed by atoms with Gasteiger partial charge < -0.3 is 14.3 Å². The molecule has 1 N–H and O–H groups in total. The van der Waals surface area contributed by atoms with Crippen LogP contribution in [0.25, 0.3) is 33.2 Å². The van der Waals surface area contributed by atoms with E-state index in [4.69, 9.17) is 14.3 Å². The van der Waals surface area contributed by atoms with Crippen LogP contribution in [0.3, 0.4) is 0 Å². The Balaban J connectivity index is 1.71. The molecule has 0 aliphatic carbocycles. The van der Waals surface area contributed by atoms with E-state index in [-0.39, 0.29) is 6.42 Å². The fourth-order valence-corrected chi connectivity index (χ4v) is 4.23. The van der Waals surface area contributed by atoms with Gasteiger partial charge in [0, 0.05) is 12.0 Å². The standard InChI is InChI=1S/C24H19NO5S/c1-29-24(28)18-7-3-2-6-17(18)20-12-11-16(30-20)14-15(10-13-22(26)27)23-25-19-8-4-5-9-21(19)31-23/h2-9,11-12,14H,10,13H2,1H3,(H,26,27)/b15-14+. The van der Waals surface area contributed by atoms with E-state index in [1.165, 1.54) is 18.4 Å². The fourth-order valence-electron chi connectivity index (χ4n) is 3.22. The molecule has 4 aromatic rings. The van der Waals surface area contributed by atoms with E-state index in [1.54, 1.807) is 30.3 Å². The SMILES string of the molecule is COC(=O)c1ccccc1-c1ccc(/C=C(\CCC(=O)O)c2nc3ccccc3s2)o1. The van der Waals surface area contributed by atoms with Gasteiger partial charge in [-0.05, 0) is 48.4 Å². The number of benzene rings is 2. The number of fused-ring (bicyclic) bond motifs is 1. The molecular formula is C24H19NO5S. The van der Waals surface area contributed by atoms with Crippen molar-refractivity contribution in [1.82, 2.24) is 4.98 Å². The van der Waals surface area contributed by atoms with E-state index >= 15 is 0 Å². The number of rotatable bonds is 7. The van der Waals surface area contributed by atoms with E-state index in [1.807, 2.05) is 36.4 Å². The smallest absolute Gasteiger partial charge is 0.338 e. The number of esters is 1. The van der Waals surface area contributed by atoms with E-state index in [0.29, 0.717) is 29.1 Å². The highest BCUT2D eigenvalue weighted by Gasteiger charge is 2.16. The lowest BCUT2D eigenvalue weighted by Gasteiger charge is -2.05. The molecule has 0 aliphatic heterocycles. The maximum absolute atomic E-state index is 12.1. The predicted octanol–water partition coefficient (Wildman–Crippen LogP) is 5.75. The van der Waals surface area contributed by atoms with Gasteiger partial charge in [-0.3, -0.25) is 4.79 Å². The van der Waals surface area contributed by atoms with Crippen LogP contribution in [0, 0.1) is 0 Å². The molecule has 31 heavy (non-hydrogen) atoms. The van der Waals surface area contributed by atoms with Crippen LogP contribution in [-0.4, -0.2) is 29.1 Å². The van der Waals surface area contributed by atoms with Crippen LogP contribution in [0.2, 0.25) is 0 Å². The summed E-state index contributed by atoms with van der Waals surface area (Å²) in [6, 6.07) is 18.4. The number of para-hydroxylation sites is 1. The molecule has 0 atom stereocenters. The van der Waals surface area contributed by atoms with Crippen molar-refractivity contribution in [2.75, 3.05) is 7.11 Å². The Kier molecular flexibility index (Phi) is 5.95. The van der Waals surface area contributed by atoms with Gasteiger partial charge in [-0.25, -0.2) is 9.78 Å². The van der Waals surface area contributed by atoms with Gasteiger partial charge in [-0.2, -0.15) is 0 Å². The van der Waals surface area contributed by atoms with Gasteiger partial charge in [0.2, 0.25) is 0 Å². The lowest BCUT2D eigenvalue weighted by molar-refractivity contribution is -0.136. The summed E-state index contributed by atoms with van der Waals surface area (Å²) in [6.07, 6.45) is 2.12. The number of furan rings is 1. The number of aliphatic carboxylic acids is 1. The second-order valence-electron chi connectivity index (χ2n) is 6.79. The van der Waals surface area contributed by atoms with Gasteiger partial charge in [0.25, 0.3) is 0 Å². The first-order valence-corrected chi connectivity index (χ1v) is 10.4. The van der Waals surface area contributed by atoms with Crippen molar-refractivity contribution in [3.8, 4) is 11.3 Å². The third kappa shape index (κ3) is 4.57. The van der Waals surface area contributed by atoms with Crippen LogP contribution >= 0.6 is 11.3 Å². The first-order chi connectivity index (χ1) is 15.0. The minimum absolute atomic E-state index is 0.0134. The topological polar surface area (TPSA) is 89.6 Å². The van der Waals surface area contributed by atoms with Crippen molar-refractivity contribution in [2.45, 2.75) is 12.8 Å². The first kappa shape index (κ1) is 20.6. The normalized spacial score (nSPS) is 11.6. The molecule has 0 bridgehead atoms. The van der Waals surface area contributed by atoms with Gasteiger partial charge in [0.05, 0.1) is 22.9 Å². The van der Waals surface area contributed by atoms with Crippen molar-refractivity contribution in [3.63, 3.8) is 0 Å². The van der Waals surface area contributed by atoms with Crippen LogP contribution in [-0.2, 0) is 9.53 Å². The quantitative estimate of drug-likeness (QED) is 0.373. The molecule has 0 aliphatic rings. The summed E-state index contributed by atoms with van der Waals surface area (Å²) in [6.45, 7) is 0. The number of hydrogen-bond donors (Lipinski definition) is 1. The molecule has 156 valence electrons. The van der Waals surface area contributed by atoms with Crippen molar-refractivity contribution in [1.29, 1.82) is 0 Å². The average Bonchev–Trinajstić information content (AvgIpc) is 3.42. The van der Waals surface area contributed by atoms with Gasteiger partial charge in [-0.1, -0.05) is 30.3 Å². The summed E-state index contributed by atoms with van der Waals surface area (Å²) < 4.78 is 11.9. The largest absolute Gasteiger partial charge is 0.481 e. The second kappa shape index (κ2) is 8.97. The molecule has 0 saturated heterocycles. The molecule has 0 amide bonds. The number of aromatic nitrogens is 1. The Morgan fingerprint density at radius 3 is 2.61 bits per heavy atom. The Morgan fingerprint density at radius 1 is 1.06 bits per heavy atom. The van der Waals surface area contributed by atoms with Gasteiger partial charge in [-0.15, -0.1) is 11.3 Å². The third-order valence-corrected chi connectivity index (χ3v) is 5.83. The number of ether oxygens (including phenoxy) is 1. The summed E-state index contributed by atoms with van der Waals surface area (Å²) in [5.74, 6) is -0.247. The van der Waals surface area contributed by atoms with Crippen LogP contribution < -0.4 is 0 Å². The molecule has 4 rings (SSSR count). The number of carboxylic acid groups (broad SMARTS) is 1. The number of carbonyl (C=O) groups excluding carboxylic acids is 1. The summed E-state index contributed by atoms with van der Waals surface area (Å²) in [7, 11) is 1.34. The van der Waals surface area contributed by atoms with E-state index in [9.17, 15) is 9.59 Å². The first-order valence-electron chi connectivity index (χ1n) is 9.61. The fraction of sp³-hybridized carbons (Fsp3) is 0.125. The van der Waals surface area contributed by atoms with Gasteiger partial charge >= 0.3 is 11.9 Å². The zero-order valence-electron chi connectivity index (χ0n) is 16.7. The lowest BCUT2D eigenvalue weighted by atomic mass is 10.1. The highest BCUT2D eigenvalue weighted by Crippen LogP contribution is 2.33. The molecule has 7 heteroatoms. The molecule has 2 aromatic heterocycles. The lowest BCUT2D eigenvalue weighted by Crippen LogP contribution is -2.02. The van der Waals surface area contributed by atoms with Crippen LogP contribution in [0.1, 0.15) is 34.0 Å². The average molecular weight is 433 g/mol. The van der Waals surface area contributed by atoms with Crippen LogP contribution in [0.4, 0.5) is 0 Å². The Labute approximate surface area is 182 Å². The third-order valence-electron chi connectivity index (χ3n) is 4.72. The summed E-state index contributed by atoms with van der Waals surface area (Å²) in [5.41, 5.74) is 2.69. The summed E-state index contributed by atoms with van der Waals surface area (Å²) >= 11 is 1.51. The molecule has 0 saturated carbocycles. The summed E-state index contributed by atoms with van der Waals surface area (Å²) in [4.78, 5) is 27.9. The number of carboxylic acids is 1. The Morgan fingerprint density at radius 2 is 1.84 bits per heavy atom. The molecule has 0 spiro atoms. The van der Waals surface area contributed by atoms with E-state index in [2.05, 4.69) is 4.98 Å². The molecule has 0 fully saturated rings. The minimum atomic E-state index is -0.876. The predicted molar refractivity (Wildman–Crippen MR) is 120 cm³/mol. The molecule has 6 nitrogen and oxygen atoms in total. The Hall–Kier alpha value is -3.71. The van der Waals surface area contributed by atoms with Crippen LogP contribution in [0.5, 0.6) is 0 Å². The molecule has 0 radical (unpaired) electrons. The zero-order chi connectivity index (χ0) is 21.8. The zero-order valence-corrected chi connectivity index (χ0v) is 17.5. The highest BCUT2D eigenvalue weighted by atomic mass is 32.1. The van der Waals surface area contributed by atoms with E-state index < -0.39 is 11.9 Å². The van der Waals surface area contributed by atoms with Crippen molar-refractivity contribution < 1.29 is 23.8 Å². The van der Waals surface area contributed by atoms with Gasteiger partial charge in [0.1, 0.15) is 16.5 Å². The molecule has 0 unspecified atom stereocenters. The maximum atomic E-state index is 12.1. The number of nitrogens with zero attached hydrogens (tertiary/aromatic N) is 1. The molecule has 2 heterocycles. The molecule has 2 aromatic carbocycles. The van der Waals surface area contributed by atoms with Crippen molar-refractivity contribution >= 4 is 45.1 Å². The number of carbonyl (C=O) groups is 2. The monoisotopic (exact) mass is 433 g/mol. The minimum Gasteiger partial charge on any atom is -0.481 e. The number of allylic oxidation sites excluding steroid dienone is 1. The second-order valence-corrected chi connectivity index (χ2v) is 7.82. The Bertz CT molecular complexity index is 1250. The number of hydrogen-bond acceptors (Lipinski definition) is 6. The van der Waals surface area contributed by atoms with E-state index in [0.717, 1.165) is 20.8 Å². The summed E-state index contributed by atoms with van der Waals surface area (Å²) in [5, 5.41) is 9.92.